The summed E-state index contributed by atoms with van der Waals surface area (Å²) in [6.45, 7) is 0. The van der Waals surface area contributed by atoms with Gasteiger partial charge in [0.25, 0.3) is 40.5 Å². The first-order chi connectivity index (χ1) is 17.8. The number of hydrogen-bond donors (Lipinski definition) is 4. The minimum Gasteiger partial charge on any atom is -0.454 e. The van der Waals surface area contributed by atoms with Crippen LogP contribution in [0.4, 0.5) is 0 Å². The first-order valence-corrected chi connectivity index (χ1v) is 15.6. The molecule has 0 unspecified atom stereocenters. The Balaban J connectivity index is 2.37. The predicted molar refractivity (Wildman–Crippen MR) is 126 cm³/mol. The zero-order chi connectivity index (χ0) is 29.3. The molecule has 0 fully saturated rings. The maximum absolute atomic E-state index is 13.5. The molecule has 0 radical (unpaired) electrons. The van der Waals surface area contributed by atoms with Gasteiger partial charge in [-0.15, -0.1) is 0 Å². The van der Waals surface area contributed by atoms with Crippen LogP contribution in [-0.4, -0.2) is 63.4 Å². The molecule has 206 valence electrons. The third-order valence-electron chi connectivity index (χ3n) is 5.29. The molecule has 0 aromatic heterocycles. The SMILES string of the molecule is O=C1c2cccc(S(=O)(=O)O)c2C(=O)c2c1c(S(=O)(=O)O)c(Oc1ccccc1)c(S(=O)(=O)O)c2S(=O)(=O)O. The van der Waals surface area contributed by atoms with Crippen molar-refractivity contribution in [2.45, 2.75) is 19.6 Å². The zero-order valence-electron chi connectivity index (χ0n) is 18.5. The van der Waals surface area contributed by atoms with Gasteiger partial charge >= 0.3 is 0 Å². The molecule has 39 heavy (non-hydrogen) atoms. The first-order valence-electron chi connectivity index (χ1n) is 9.85. The number of rotatable bonds is 6. The average molecular weight is 621 g/mol. The van der Waals surface area contributed by atoms with Gasteiger partial charge in [-0.25, -0.2) is 0 Å². The fourth-order valence-corrected chi connectivity index (χ4v) is 7.68. The number of fused-ring (bicyclic) bond motifs is 2. The van der Waals surface area contributed by atoms with Gasteiger partial charge in [0, 0.05) is 5.56 Å². The van der Waals surface area contributed by atoms with Crippen LogP contribution in [0.15, 0.2) is 68.1 Å². The summed E-state index contributed by atoms with van der Waals surface area (Å²) in [5.74, 6) is -5.67. The van der Waals surface area contributed by atoms with E-state index in [9.17, 15) is 61.5 Å². The summed E-state index contributed by atoms with van der Waals surface area (Å²) in [7, 11) is -23.2. The molecule has 0 aliphatic heterocycles. The summed E-state index contributed by atoms with van der Waals surface area (Å²) in [4.78, 5) is 19.8. The fraction of sp³-hybridized carbons (Fsp3) is 0. The van der Waals surface area contributed by atoms with Gasteiger partial charge in [-0.2, -0.15) is 33.7 Å². The van der Waals surface area contributed by atoms with Crippen molar-refractivity contribution in [2.24, 2.45) is 0 Å². The van der Waals surface area contributed by atoms with Gasteiger partial charge in [-0.3, -0.25) is 27.8 Å². The fourth-order valence-electron chi connectivity index (χ4n) is 3.95. The van der Waals surface area contributed by atoms with E-state index in [0.717, 1.165) is 24.3 Å². The minimum atomic E-state index is -6.02. The largest absolute Gasteiger partial charge is 0.454 e. The van der Waals surface area contributed by atoms with E-state index in [4.69, 9.17) is 4.74 Å². The molecule has 0 amide bonds. The molecular formula is C20H12O15S4. The van der Waals surface area contributed by atoms with Gasteiger partial charge in [0.05, 0.1) is 16.7 Å². The Hall–Kier alpha value is -3.56. The Labute approximate surface area is 219 Å². The molecule has 1 aliphatic rings. The lowest BCUT2D eigenvalue weighted by Gasteiger charge is -2.25. The molecule has 0 bridgehead atoms. The Morgan fingerprint density at radius 2 is 1.03 bits per heavy atom. The smallest absolute Gasteiger partial charge is 0.299 e. The van der Waals surface area contributed by atoms with Crippen LogP contribution in [0.2, 0.25) is 0 Å². The van der Waals surface area contributed by atoms with Crippen molar-refractivity contribution in [2.75, 3.05) is 0 Å². The summed E-state index contributed by atoms with van der Waals surface area (Å²) in [5, 5.41) is 0. The first kappa shape index (κ1) is 28.4. The monoisotopic (exact) mass is 620 g/mol. The van der Waals surface area contributed by atoms with Crippen molar-refractivity contribution < 1.29 is 66.2 Å². The molecule has 1 aliphatic carbocycles. The Kier molecular flexibility index (Phi) is 6.56. The number of ketones is 2. The highest BCUT2D eigenvalue weighted by molar-refractivity contribution is 7.89. The molecule has 0 saturated carbocycles. The van der Waals surface area contributed by atoms with E-state index in [1.165, 1.54) is 18.2 Å². The van der Waals surface area contributed by atoms with Gasteiger partial charge in [-0.05, 0) is 18.2 Å². The van der Waals surface area contributed by atoms with Crippen molar-refractivity contribution in [3.63, 3.8) is 0 Å². The quantitative estimate of drug-likeness (QED) is 0.221. The predicted octanol–water partition coefficient (Wildman–Crippen LogP) is 1.24. The van der Waals surface area contributed by atoms with Crippen LogP contribution in [0.1, 0.15) is 31.8 Å². The van der Waals surface area contributed by atoms with E-state index in [0.29, 0.717) is 6.07 Å². The van der Waals surface area contributed by atoms with Crippen LogP contribution < -0.4 is 4.74 Å². The summed E-state index contributed by atoms with van der Waals surface area (Å²) in [5.41, 5.74) is -5.42. The Morgan fingerprint density at radius 1 is 0.513 bits per heavy atom. The molecule has 4 N–H and O–H groups in total. The lowest BCUT2D eigenvalue weighted by molar-refractivity contribution is 0.0970. The second-order valence-corrected chi connectivity index (χ2v) is 13.2. The summed E-state index contributed by atoms with van der Waals surface area (Å²) in [6, 6.07) is 8.37. The molecule has 4 rings (SSSR count). The second-order valence-electron chi connectivity index (χ2n) is 7.72. The van der Waals surface area contributed by atoms with Crippen LogP contribution in [0.3, 0.4) is 0 Å². The van der Waals surface area contributed by atoms with E-state index in [2.05, 4.69) is 0 Å². The summed E-state index contributed by atoms with van der Waals surface area (Å²) in [6.07, 6.45) is 0. The van der Waals surface area contributed by atoms with Gasteiger partial charge in [0.1, 0.15) is 20.4 Å². The number of ether oxygens (including phenoxy) is 1. The molecular weight excluding hydrogens is 608 g/mol. The lowest BCUT2D eigenvalue weighted by Crippen LogP contribution is -2.30. The number of para-hydroxylation sites is 1. The second kappa shape index (κ2) is 8.99. The van der Waals surface area contributed by atoms with Crippen molar-refractivity contribution >= 4 is 52.0 Å². The molecule has 0 heterocycles. The third-order valence-corrected chi connectivity index (χ3v) is 9.05. The van der Waals surface area contributed by atoms with Gasteiger partial charge in [0.15, 0.2) is 22.2 Å². The maximum atomic E-state index is 13.5. The lowest BCUT2D eigenvalue weighted by atomic mass is 9.83. The average Bonchev–Trinajstić information content (AvgIpc) is 2.79. The van der Waals surface area contributed by atoms with Gasteiger partial charge in [-0.1, -0.05) is 30.3 Å². The molecule has 0 saturated heterocycles. The Morgan fingerprint density at radius 3 is 1.51 bits per heavy atom. The van der Waals surface area contributed by atoms with Crippen LogP contribution in [0, 0.1) is 0 Å². The highest BCUT2D eigenvalue weighted by Gasteiger charge is 2.48. The zero-order valence-corrected chi connectivity index (χ0v) is 21.8. The van der Waals surface area contributed by atoms with Crippen LogP contribution in [-0.2, 0) is 40.5 Å². The van der Waals surface area contributed by atoms with Crippen molar-refractivity contribution in [3.05, 3.63) is 70.8 Å². The summed E-state index contributed by atoms with van der Waals surface area (Å²) < 4.78 is 143. The number of benzene rings is 3. The maximum Gasteiger partial charge on any atom is 0.299 e. The van der Waals surface area contributed by atoms with Crippen molar-refractivity contribution in [3.8, 4) is 11.5 Å². The Bertz CT molecular complexity index is 2040. The van der Waals surface area contributed by atoms with E-state index < -0.39 is 105 Å². The molecule has 0 spiro atoms. The number of carbonyl (C=O) groups is 2. The van der Waals surface area contributed by atoms with E-state index in [-0.39, 0.29) is 0 Å². The highest BCUT2D eigenvalue weighted by Crippen LogP contribution is 2.47. The van der Waals surface area contributed by atoms with Crippen LogP contribution >= 0.6 is 0 Å². The van der Waals surface area contributed by atoms with E-state index >= 15 is 0 Å². The molecule has 3 aromatic rings. The normalized spacial score (nSPS) is 14.1. The minimum absolute atomic E-state index is 0.433. The highest BCUT2D eigenvalue weighted by atomic mass is 32.2. The summed E-state index contributed by atoms with van der Waals surface area (Å²) >= 11 is 0. The van der Waals surface area contributed by atoms with E-state index in [1.54, 1.807) is 0 Å². The standard InChI is InChI=1S/C20H12O15S4/c21-15-10-7-4-8-11(36(23,24)25)12(10)16(22)14-13(15)18(37(26,27)28)17(35-9-5-2-1-3-6-9)20(39(32,33)34)19(14)38(29,30)31/h1-8H,(H,23,24,25)(H,26,27,28)(H,29,30,31)(H,32,33,34). The molecule has 15 nitrogen and oxygen atoms in total. The van der Waals surface area contributed by atoms with Crippen molar-refractivity contribution in [1.29, 1.82) is 0 Å². The number of hydrogen-bond acceptors (Lipinski definition) is 11. The van der Waals surface area contributed by atoms with Gasteiger partial charge in [0.2, 0.25) is 0 Å². The van der Waals surface area contributed by atoms with Gasteiger partial charge < -0.3 is 4.74 Å². The van der Waals surface area contributed by atoms with Crippen LogP contribution in [0.25, 0.3) is 0 Å². The topological polar surface area (TPSA) is 261 Å². The third kappa shape index (κ3) is 4.85. The van der Waals surface area contributed by atoms with Crippen molar-refractivity contribution in [1.82, 2.24) is 0 Å². The van der Waals surface area contributed by atoms with E-state index in [1.807, 2.05) is 0 Å². The molecule has 3 aromatic carbocycles. The van der Waals surface area contributed by atoms with Crippen LogP contribution in [0.5, 0.6) is 11.5 Å². The number of carbonyl (C=O) groups excluding carboxylic acids is 2. The molecule has 0 atom stereocenters. The molecule has 19 heteroatoms.